The highest BCUT2D eigenvalue weighted by Gasteiger charge is 2.23. The van der Waals surface area contributed by atoms with Crippen molar-refractivity contribution in [1.29, 1.82) is 0 Å². The standard InChI is InChI=1S/C18H31N/c1-8-19-16(5)11-18(6,7)12-17-14(3)9-13(2)10-15(17)4/h9-10,16,19H,8,11-12H2,1-7H3. The molecule has 0 aliphatic heterocycles. The number of benzene rings is 1. The minimum absolute atomic E-state index is 0.340. The Morgan fingerprint density at radius 2 is 1.63 bits per heavy atom. The molecule has 0 spiro atoms. The second-order valence-corrected chi connectivity index (χ2v) is 6.88. The van der Waals surface area contributed by atoms with Crippen LogP contribution in [0.4, 0.5) is 0 Å². The van der Waals surface area contributed by atoms with Gasteiger partial charge in [-0.1, -0.05) is 38.5 Å². The number of hydrogen-bond acceptors (Lipinski definition) is 1. The zero-order valence-electron chi connectivity index (χ0n) is 13.9. The van der Waals surface area contributed by atoms with Crippen LogP contribution < -0.4 is 5.32 Å². The van der Waals surface area contributed by atoms with Crippen molar-refractivity contribution in [1.82, 2.24) is 5.32 Å². The highest BCUT2D eigenvalue weighted by molar-refractivity contribution is 5.38. The molecule has 1 nitrogen and oxygen atoms in total. The normalized spacial score (nSPS) is 13.6. The summed E-state index contributed by atoms with van der Waals surface area (Å²) in [5, 5.41) is 3.53. The zero-order valence-corrected chi connectivity index (χ0v) is 13.9. The van der Waals surface area contributed by atoms with Crippen molar-refractivity contribution in [3.63, 3.8) is 0 Å². The van der Waals surface area contributed by atoms with Gasteiger partial charge >= 0.3 is 0 Å². The van der Waals surface area contributed by atoms with Gasteiger partial charge in [0.1, 0.15) is 0 Å². The molecule has 1 aromatic carbocycles. The fraction of sp³-hybridized carbons (Fsp3) is 0.667. The van der Waals surface area contributed by atoms with Gasteiger partial charge in [0.25, 0.3) is 0 Å². The van der Waals surface area contributed by atoms with Gasteiger partial charge in [0, 0.05) is 6.04 Å². The number of nitrogens with one attached hydrogen (secondary N) is 1. The third kappa shape index (κ3) is 4.99. The van der Waals surface area contributed by atoms with Crippen LogP contribution in [0.3, 0.4) is 0 Å². The van der Waals surface area contributed by atoms with Crippen LogP contribution in [0.2, 0.25) is 0 Å². The summed E-state index contributed by atoms with van der Waals surface area (Å²) in [6.45, 7) is 17.0. The minimum Gasteiger partial charge on any atom is -0.315 e. The first-order valence-electron chi connectivity index (χ1n) is 7.55. The number of rotatable bonds is 6. The summed E-state index contributed by atoms with van der Waals surface area (Å²) < 4.78 is 0. The summed E-state index contributed by atoms with van der Waals surface area (Å²) in [6, 6.07) is 5.21. The van der Waals surface area contributed by atoms with Crippen LogP contribution in [0, 0.1) is 26.2 Å². The largest absolute Gasteiger partial charge is 0.315 e. The van der Waals surface area contributed by atoms with Crippen LogP contribution in [-0.4, -0.2) is 12.6 Å². The Hall–Kier alpha value is -0.820. The third-order valence-corrected chi connectivity index (χ3v) is 3.91. The fourth-order valence-electron chi connectivity index (χ4n) is 3.29. The molecule has 1 atom stereocenters. The Kier molecular flexibility index (Phi) is 5.61. The van der Waals surface area contributed by atoms with Gasteiger partial charge < -0.3 is 5.32 Å². The summed E-state index contributed by atoms with van der Waals surface area (Å²) in [6.07, 6.45) is 2.38. The number of hydrogen-bond donors (Lipinski definition) is 1. The average Bonchev–Trinajstić information content (AvgIpc) is 2.23. The Morgan fingerprint density at radius 3 is 2.11 bits per heavy atom. The van der Waals surface area contributed by atoms with E-state index in [1.54, 1.807) is 5.56 Å². The Bertz CT molecular complexity index is 395. The second-order valence-electron chi connectivity index (χ2n) is 6.88. The quantitative estimate of drug-likeness (QED) is 0.791. The smallest absolute Gasteiger partial charge is 0.00438 e. The van der Waals surface area contributed by atoms with Crippen LogP contribution in [0.1, 0.15) is 56.4 Å². The molecule has 0 aliphatic carbocycles. The molecule has 0 heterocycles. The first-order valence-corrected chi connectivity index (χ1v) is 7.55. The van der Waals surface area contributed by atoms with Crippen molar-refractivity contribution < 1.29 is 0 Å². The highest BCUT2D eigenvalue weighted by atomic mass is 14.9. The van der Waals surface area contributed by atoms with Crippen molar-refractivity contribution in [2.24, 2.45) is 5.41 Å². The maximum atomic E-state index is 3.53. The lowest BCUT2D eigenvalue weighted by atomic mass is 9.78. The highest BCUT2D eigenvalue weighted by Crippen LogP contribution is 2.30. The first kappa shape index (κ1) is 16.2. The van der Waals surface area contributed by atoms with E-state index in [1.165, 1.54) is 29.5 Å². The summed E-state index contributed by atoms with van der Waals surface area (Å²) in [5.74, 6) is 0. The van der Waals surface area contributed by atoms with Crippen LogP contribution in [-0.2, 0) is 6.42 Å². The number of aryl methyl sites for hydroxylation is 3. The Balaban J connectivity index is 2.83. The molecular weight excluding hydrogens is 230 g/mol. The fourth-order valence-corrected chi connectivity index (χ4v) is 3.29. The van der Waals surface area contributed by atoms with Crippen molar-refractivity contribution in [3.8, 4) is 0 Å². The van der Waals surface area contributed by atoms with Gasteiger partial charge in [-0.05, 0) is 69.2 Å². The molecule has 1 unspecified atom stereocenters. The van der Waals surface area contributed by atoms with Gasteiger partial charge in [0.05, 0.1) is 0 Å². The van der Waals surface area contributed by atoms with Crippen molar-refractivity contribution in [2.75, 3.05) is 6.54 Å². The molecule has 0 aliphatic rings. The molecule has 1 rings (SSSR count). The topological polar surface area (TPSA) is 12.0 Å². The predicted octanol–water partition coefficient (Wildman–Crippen LogP) is 4.57. The average molecular weight is 261 g/mol. The van der Waals surface area contributed by atoms with E-state index >= 15 is 0 Å². The molecule has 0 fully saturated rings. The maximum absolute atomic E-state index is 3.53. The molecule has 1 heteroatoms. The molecular formula is C18H31N. The molecule has 1 aromatic rings. The molecule has 19 heavy (non-hydrogen) atoms. The van der Waals surface area contributed by atoms with Crippen molar-refractivity contribution in [2.45, 2.75) is 67.3 Å². The van der Waals surface area contributed by atoms with E-state index in [0.717, 1.165) is 6.54 Å². The van der Waals surface area contributed by atoms with Gasteiger partial charge in [-0.3, -0.25) is 0 Å². The summed E-state index contributed by atoms with van der Waals surface area (Å²) in [5.41, 5.74) is 6.15. The second kappa shape index (κ2) is 6.56. The summed E-state index contributed by atoms with van der Waals surface area (Å²) in [4.78, 5) is 0. The van der Waals surface area contributed by atoms with E-state index in [2.05, 4.69) is 65.9 Å². The van der Waals surface area contributed by atoms with Crippen LogP contribution in [0.15, 0.2) is 12.1 Å². The minimum atomic E-state index is 0.340. The Labute approximate surface area is 119 Å². The van der Waals surface area contributed by atoms with Crippen LogP contribution in [0.25, 0.3) is 0 Å². The lowest BCUT2D eigenvalue weighted by molar-refractivity contribution is 0.288. The van der Waals surface area contributed by atoms with E-state index in [9.17, 15) is 0 Å². The van der Waals surface area contributed by atoms with E-state index in [-0.39, 0.29) is 0 Å². The van der Waals surface area contributed by atoms with Crippen molar-refractivity contribution >= 4 is 0 Å². The zero-order chi connectivity index (χ0) is 14.6. The predicted molar refractivity (Wildman–Crippen MR) is 85.9 cm³/mol. The molecule has 0 aromatic heterocycles. The molecule has 108 valence electrons. The van der Waals surface area contributed by atoms with E-state index in [1.807, 2.05) is 0 Å². The van der Waals surface area contributed by atoms with Gasteiger partial charge in [-0.15, -0.1) is 0 Å². The van der Waals surface area contributed by atoms with Gasteiger partial charge in [-0.25, -0.2) is 0 Å². The Morgan fingerprint density at radius 1 is 1.11 bits per heavy atom. The molecule has 0 saturated carbocycles. The van der Waals surface area contributed by atoms with Gasteiger partial charge in [0.2, 0.25) is 0 Å². The molecule has 0 amide bonds. The SMILES string of the molecule is CCNC(C)CC(C)(C)Cc1c(C)cc(C)cc1C. The van der Waals surface area contributed by atoms with Crippen molar-refractivity contribution in [3.05, 3.63) is 34.4 Å². The third-order valence-electron chi connectivity index (χ3n) is 3.91. The lowest BCUT2D eigenvalue weighted by Crippen LogP contribution is -2.32. The van der Waals surface area contributed by atoms with Crippen LogP contribution in [0.5, 0.6) is 0 Å². The first-order chi connectivity index (χ1) is 8.75. The van der Waals surface area contributed by atoms with E-state index in [4.69, 9.17) is 0 Å². The van der Waals surface area contributed by atoms with Gasteiger partial charge in [-0.2, -0.15) is 0 Å². The molecule has 0 bridgehead atoms. The monoisotopic (exact) mass is 261 g/mol. The van der Waals surface area contributed by atoms with Gasteiger partial charge in [0.15, 0.2) is 0 Å². The van der Waals surface area contributed by atoms with E-state index in [0.29, 0.717) is 11.5 Å². The van der Waals surface area contributed by atoms with E-state index < -0.39 is 0 Å². The maximum Gasteiger partial charge on any atom is 0.00438 e. The summed E-state index contributed by atoms with van der Waals surface area (Å²) in [7, 11) is 0. The summed E-state index contributed by atoms with van der Waals surface area (Å²) >= 11 is 0. The van der Waals surface area contributed by atoms with Crippen LogP contribution >= 0.6 is 0 Å². The lowest BCUT2D eigenvalue weighted by Gasteiger charge is -2.30. The molecule has 0 radical (unpaired) electrons. The molecule has 0 saturated heterocycles. The molecule has 1 N–H and O–H groups in total.